The Kier molecular flexibility index (Phi) is 5.35. The smallest absolute Gasteiger partial charge is 0.340 e. The molecule has 0 heterocycles. The third-order valence-corrected chi connectivity index (χ3v) is 4.88. The molecule has 0 saturated carbocycles. The standard InChI is InChI=1S/C18H17NO5S/c1-5-13-10-12(2)17(16(11-13)18(20)24-4)19-25(21,22)15-8-6-14(23-3)7-9-15/h1,6-11,19H,2-4H3. The van der Waals surface area contributed by atoms with Crippen LogP contribution in [0.5, 0.6) is 5.75 Å². The van der Waals surface area contributed by atoms with Crippen LogP contribution in [0.1, 0.15) is 21.5 Å². The molecule has 2 aromatic rings. The van der Waals surface area contributed by atoms with E-state index in [-0.39, 0.29) is 16.1 Å². The third-order valence-electron chi connectivity index (χ3n) is 3.51. The molecule has 7 heteroatoms. The summed E-state index contributed by atoms with van der Waals surface area (Å²) in [5.41, 5.74) is 1.13. The molecule has 130 valence electrons. The molecular formula is C18H17NO5S. The number of esters is 1. The zero-order chi connectivity index (χ0) is 18.6. The second kappa shape index (κ2) is 7.28. The maximum Gasteiger partial charge on any atom is 0.340 e. The number of aryl methyl sites for hydroxylation is 1. The number of hydrogen-bond acceptors (Lipinski definition) is 5. The van der Waals surface area contributed by atoms with Crippen LogP contribution in [0.2, 0.25) is 0 Å². The molecule has 0 aromatic heterocycles. The molecule has 0 atom stereocenters. The van der Waals surface area contributed by atoms with Gasteiger partial charge in [-0.05, 0) is 48.9 Å². The van der Waals surface area contributed by atoms with E-state index in [0.29, 0.717) is 16.9 Å². The number of rotatable bonds is 5. The van der Waals surface area contributed by atoms with Crippen LogP contribution in [0.4, 0.5) is 5.69 Å². The van der Waals surface area contributed by atoms with E-state index < -0.39 is 16.0 Å². The molecule has 0 bridgehead atoms. The van der Waals surface area contributed by atoms with Crippen LogP contribution in [0.15, 0.2) is 41.3 Å². The van der Waals surface area contributed by atoms with E-state index in [4.69, 9.17) is 15.9 Å². The van der Waals surface area contributed by atoms with Gasteiger partial charge in [0.1, 0.15) is 5.75 Å². The lowest BCUT2D eigenvalue weighted by atomic mass is 10.0. The van der Waals surface area contributed by atoms with Crippen molar-refractivity contribution in [3.05, 3.63) is 53.1 Å². The summed E-state index contributed by atoms with van der Waals surface area (Å²) < 4.78 is 37.4. The molecule has 0 unspecified atom stereocenters. The Morgan fingerprint density at radius 1 is 1.16 bits per heavy atom. The minimum atomic E-state index is -3.91. The second-order valence-corrected chi connectivity index (χ2v) is 6.82. The molecule has 1 N–H and O–H groups in total. The first-order valence-corrected chi connectivity index (χ1v) is 8.67. The summed E-state index contributed by atoms with van der Waals surface area (Å²) in [6.45, 7) is 1.65. The maximum absolute atomic E-state index is 12.6. The van der Waals surface area contributed by atoms with E-state index in [1.807, 2.05) is 0 Å². The molecule has 0 aliphatic heterocycles. The SMILES string of the molecule is C#Cc1cc(C)c(NS(=O)(=O)c2ccc(OC)cc2)c(C(=O)OC)c1. The van der Waals surface area contributed by atoms with Crippen LogP contribution >= 0.6 is 0 Å². The van der Waals surface area contributed by atoms with Gasteiger partial charge in [-0.25, -0.2) is 13.2 Å². The molecular weight excluding hydrogens is 342 g/mol. The highest BCUT2D eigenvalue weighted by Gasteiger charge is 2.21. The van der Waals surface area contributed by atoms with Crippen molar-refractivity contribution in [1.82, 2.24) is 0 Å². The van der Waals surface area contributed by atoms with E-state index >= 15 is 0 Å². The van der Waals surface area contributed by atoms with E-state index in [0.717, 1.165) is 0 Å². The van der Waals surface area contributed by atoms with Crippen molar-refractivity contribution in [2.45, 2.75) is 11.8 Å². The Hall–Kier alpha value is -2.98. The van der Waals surface area contributed by atoms with Crippen molar-refractivity contribution in [3.63, 3.8) is 0 Å². The fraction of sp³-hybridized carbons (Fsp3) is 0.167. The number of carbonyl (C=O) groups excluding carboxylic acids is 1. The Labute approximate surface area is 146 Å². The molecule has 0 fully saturated rings. The van der Waals surface area contributed by atoms with E-state index in [2.05, 4.69) is 10.6 Å². The highest BCUT2D eigenvalue weighted by atomic mass is 32.2. The van der Waals surface area contributed by atoms with Crippen molar-refractivity contribution in [2.24, 2.45) is 0 Å². The Morgan fingerprint density at radius 3 is 2.32 bits per heavy atom. The van der Waals surface area contributed by atoms with Gasteiger partial charge in [0.05, 0.1) is 30.4 Å². The number of sulfonamides is 1. The molecule has 0 radical (unpaired) electrons. The average molecular weight is 359 g/mol. The zero-order valence-electron chi connectivity index (χ0n) is 14.0. The topological polar surface area (TPSA) is 81.7 Å². The molecule has 0 aliphatic rings. The van der Waals surface area contributed by atoms with Gasteiger partial charge in [0.25, 0.3) is 10.0 Å². The average Bonchev–Trinajstić information content (AvgIpc) is 2.62. The van der Waals surface area contributed by atoms with Crippen molar-refractivity contribution in [2.75, 3.05) is 18.9 Å². The van der Waals surface area contributed by atoms with Crippen molar-refractivity contribution >= 4 is 21.7 Å². The Morgan fingerprint density at radius 2 is 1.80 bits per heavy atom. The van der Waals surface area contributed by atoms with E-state index in [1.165, 1.54) is 44.6 Å². The van der Waals surface area contributed by atoms with Gasteiger partial charge in [0.2, 0.25) is 0 Å². The fourth-order valence-corrected chi connectivity index (χ4v) is 3.38. The summed E-state index contributed by atoms with van der Waals surface area (Å²) in [5, 5.41) is 0. The van der Waals surface area contributed by atoms with Crippen molar-refractivity contribution < 1.29 is 22.7 Å². The molecule has 0 aliphatic carbocycles. The lowest BCUT2D eigenvalue weighted by Crippen LogP contribution is -2.17. The number of hydrogen-bond donors (Lipinski definition) is 1. The number of terminal acetylenes is 1. The summed E-state index contributed by atoms with van der Waals surface area (Å²) in [6, 6.07) is 8.89. The first kappa shape index (κ1) is 18.4. The number of carbonyl (C=O) groups is 1. The van der Waals surface area contributed by atoms with Crippen LogP contribution in [0.3, 0.4) is 0 Å². The second-order valence-electron chi connectivity index (χ2n) is 5.13. The summed E-state index contributed by atoms with van der Waals surface area (Å²) in [5.74, 6) is 2.27. The van der Waals surface area contributed by atoms with Gasteiger partial charge in [-0.2, -0.15) is 0 Å². The van der Waals surface area contributed by atoms with Crippen LogP contribution in [-0.2, 0) is 14.8 Å². The highest BCUT2D eigenvalue weighted by molar-refractivity contribution is 7.92. The monoisotopic (exact) mass is 359 g/mol. The van der Waals surface area contributed by atoms with Gasteiger partial charge in [-0.3, -0.25) is 4.72 Å². The van der Waals surface area contributed by atoms with E-state index in [1.54, 1.807) is 13.0 Å². The van der Waals surface area contributed by atoms with Crippen LogP contribution in [-0.4, -0.2) is 28.6 Å². The Bertz CT molecular complexity index is 941. The lowest BCUT2D eigenvalue weighted by molar-refractivity contribution is 0.0602. The molecule has 25 heavy (non-hydrogen) atoms. The van der Waals surface area contributed by atoms with Crippen molar-refractivity contribution in [1.29, 1.82) is 0 Å². The van der Waals surface area contributed by atoms with Crippen LogP contribution < -0.4 is 9.46 Å². The molecule has 0 spiro atoms. The fourth-order valence-electron chi connectivity index (χ4n) is 2.23. The summed E-state index contributed by atoms with van der Waals surface area (Å²) in [7, 11) is -1.21. The van der Waals surface area contributed by atoms with Gasteiger partial charge in [0, 0.05) is 5.56 Å². The van der Waals surface area contributed by atoms with Gasteiger partial charge < -0.3 is 9.47 Å². The van der Waals surface area contributed by atoms with Gasteiger partial charge in [0.15, 0.2) is 0 Å². The normalized spacial score (nSPS) is 10.6. The first-order chi connectivity index (χ1) is 11.8. The number of methoxy groups -OCH3 is 2. The van der Waals surface area contributed by atoms with Gasteiger partial charge >= 0.3 is 5.97 Å². The molecule has 6 nitrogen and oxygen atoms in total. The molecule has 0 saturated heterocycles. The lowest BCUT2D eigenvalue weighted by Gasteiger charge is -2.15. The predicted molar refractivity (Wildman–Crippen MR) is 94.3 cm³/mol. The number of nitrogens with one attached hydrogen (secondary N) is 1. The first-order valence-electron chi connectivity index (χ1n) is 7.19. The predicted octanol–water partition coefficient (Wildman–Crippen LogP) is 2.57. The third kappa shape index (κ3) is 3.92. The largest absolute Gasteiger partial charge is 0.497 e. The molecule has 0 amide bonds. The molecule has 2 aromatic carbocycles. The van der Waals surface area contributed by atoms with Crippen LogP contribution in [0, 0.1) is 19.3 Å². The summed E-state index contributed by atoms with van der Waals surface area (Å²) in [6.07, 6.45) is 5.37. The Balaban J connectivity index is 2.51. The minimum absolute atomic E-state index is 0.0320. The number of anilines is 1. The van der Waals surface area contributed by atoms with Gasteiger partial charge in [-0.1, -0.05) is 5.92 Å². The van der Waals surface area contributed by atoms with Crippen molar-refractivity contribution in [3.8, 4) is 18.1 Å². The minimum Gasteiger partial charge on any atom is -0.497 e. The summed E-state index contributed by atoms with van der Waals surface area (Å²) >= 11 is 0. The van der Waals surface area contributed by atoms with E-state index in [9.17, 15) is 13.2 Å². The number of benzene rings is 2. The van der Waals surface area contributed by atoms with Gasteiger partial charge in [-0.15, -0.1) is 6.42 Å². The maximum atomic E-state index is 12.6. The van der Waals surface area contributed by atoms with Crippen LogP contribution in [0.25, 0.3) is 0 Å². The number of ether oxygens (including phenoxy) is 2. The quantitative estimate of drug-likeness (QED) is 0.655. The highest BCUT2D eigenvalue weighted by Crippen LogP contribution is 2.27. The summed E-state index contributed by atoms with van der Waals surface area (Å²) in [4.78, 5) is 12.1. The zero-order valence-corrected chi connectivity index (χ0v) is 14.8. The molecule has 2 rings (SSSR count).